The average molecular weight is 411 g/mol. The van der Waals surface area contributed by atoms with E-state index >= 15 is 0 Å². The molecule has 2 aromatic rings. The number of sulfonamides is 1. The van der Waals surface area contributed by atoms with Crippen LogP contribution in [0.2, 0.25) is 0 Å². The molecular formula is C18H21F2N4O3S+. The van der Waals surface area contributed by atoms with Gasteiger partial charge in [-0.1, -0.05) is 6.42 Å². The number of hydrogen-bond donors (Lipinski definition) is 2. The predicted molar refractivity (Wildman–Crippen MR) is 99.1 cm³/mol. The summed E-state index contributed by atoms with van der Waals surface area (Å²) in [5.74, 6) is -2.07. The first-order valence-electron chi connectivity index (χ1n) is 8.87. The Morgan fingerprint density at radius 3 is 2.46 bits per heavy atom. The maximum absolute atomic E-state index is 13.1. The van der Waals surface area contributed by atoms with Gasteiger partial charge in [-0.3, -0.25) is 10.1 Å². The highest BCUT2D eigenvalue weighted by Gasteiger charge is 2.26. The first-order valence-corrected chi connectivity index (χ1v) is 10.3. The molecule has 150 valence electrons. The van der Waals surface area contributed by atoms with Gasteiger partial charge in [-0.25, -0.2) is 22.2 Å². The number of nitrogens with one attached hydrogen (secondary N) is 3. The van der Waals surface area contributed by atoms with Crippen LogP contribution in [0.3, 0.4) is 0 Å². The van der Waals surface area contributed by atoms with E-state index in [9.17, 15) is 22.0 Å². The van der Waals surface area contributed by atoms with Crippen LogP contribution in [-0.2, 0) is 14.8 Å². The zero-order valence-corrected chi connectivity index (χ0v) is 15.9. The molecule has 0 radical (unpaired) electrons. The molecule has 1 aromatic carbocycles. The average Bonchev–Trinajstić information content (AvgIpc) is 2.70. The van der Waals surface area contributed by atoms with Gasteiger partial charge in [-0.15, -0.1) is 0 Å². The van der Waals surface area contributed by atoms with Gasteiger partial charge >= 0.3 is 0 Å². The van der Waals surface area contributed by atoms with Gasteiger partial charge in [0, 0.05) is 30.9 Å². The minimum atomic E-state index is -3.53. The maximum atomic E-state index is 13.1. The molecule has 28 heavy (non-hydrogen) atoms. The zero-order valence-electron chi connectivity index (χ0n) is 15.0. The van der Waals surface area contributed by atoms with E-state index < -0.39 is 27.6 Å². The molecule has 1 aliphatic rings. The molecule has 7 nitrogen and oxygen atoms in total. The summed E-state index contributed by atoms with van der Waals surface area (Å²) in [5, 5.41) is 5.24. The van der Waals surface area contributed by atoms with Crippen molar-refractivity contribution in [3.05, 3.63) is 48.2 Å². The number of pyridine rings is 1. The van der Waals surface area contributed by atoms with Crippen molar-refractivity contribution in [3.63, 3.8) is 0 Å². The predicted octanol–water partition coefficient (Wildman–Crippen LogP) is 2.00. The number of H-pyrrole nitrogens is 1. The van der Waals surface area contributed by atoms with Crippen LogP contribution >= 0.6 is 0 Å². The third-order valence-electron chi connectivity index (χ3n) is 4.38. The van der Waals surface area contributed by atoms with Crippen LogP contribution in [-0.4, -0.2) is 38.3 Å². The largest absolute Gasteiger partial charge is 0.323 e. The van der Waals surface area contributed by atoms with Crippen LogP contribution in [0, 0.1) is 11.6 Å². The van der Waals surface area contributed by atoms with E-state index in [-0.39, 0.29) is 17.1 Å². The number of carbonyl (C=O) groups is 1. The molecule has 1 aromatic heterocycles. The Balaban J connectivity index is 1.56. The molecule has 1 amide bonds. The molecule has 0 spiro atoms. The van der Waals surface area contributed by atoms with Crippen LogP contribution in [0.1, 0.15) is 19.3 Å². The molecule has 1 saturated heterocycles. The lowest BCUT2D eigenvalue weighted by molar-refractivity contribution is -0.364. The minimum absolute atomic E-state index is 0.137. The Bertz CT molecular complexity index is 946. The molecular weight excluding hydrogens is 390 g/mol. The number of nitrogens with zero attached hydrogens (tertiary/aromatic N) is 1. The number of amides is 1. The zero-order chi connectivity index (χ0) is 20.1. The third-order valence-corrected chi connectivity index (χ3v) is 6.27. The monoisotopic (exact) mass is 411 g/mol. The Kier molecular flexibility index (Phi) is 6.20. The number of aromatic amines is 1. The van der Waals surface area contributed by atoms with Gasteiger partial charge in [-0.05, 0) is 31.0 Å². The van der Waals surface area contributed by atoms with E-state index in [0.717, 1.165) is 31.4 Å². The summed E-state index contributed by atoms with van der Waals surface area (Å²) in [4.78, 5) is 14.9. The Hall–Kier alpha value is -2.59. The highest BCUT2D eigenvalue weighted by atomic mass is 32.2. The second-order valence-electron chi connectivity index (χ2n) is 6.43. The smallest absolute Gasteiger partial charge is 0.272 e. The van der Waals surface area contributed by atoms with Gasteiger partial charge in [0.1, 0.15) is 11.1 Å². The summed E-state index contributed by atoms with van der Waals surface area (Å²) in [5.41, 5.74) is 0.137. The van der Waals surface area contributed by atoms with E-state index in [4.69, 9.17) is 0 Å². The topological polar surface area (TPSA) is 92.7 Å². The molecule has 3 N–H and O–H groups in total. The first kappa shape index (κ1) is 20.2. The molecule has 0 aliphatic carbocycles. The lowest BCUT2D eigenvalue weighted by Crippen LogP contribution is -2.36. The highest BCUT2D eigenvalue weighted by molar-refractivity contribution is 7.89. The van der Waals surface area contributed by atoms with E-state index in [1.165, 1.54) is 28.7 Å². The second kappa shape index (κ2) is 8.61. The van der Waals surface area contributed by atoms with Gasteiger partial charge in [0.15, 0.2) is 18.2 Å². The van der Waals surface area contributed by atoms with E-state index in [1.807, 2.05) is 0 Å². The van der Waals surface area contributed by atoms with Crippen LogP contribution in [0.15, 0.2) is 41.4 Å². The van der Waals surface area contributed by atoms with Crippen molar-refractivity contribution < 1.29 is 27.0 Å². The van der Waals surface area contributed by atoms with E-state index in [0.29, 0.717) is 18.9 Å². The molecule has 0 bridgehead atoms. The summed E-state index contributed by atoms with van der Waals surface area (Å²) in [6.07, 6.45) is 4.12. The summed E-state index contributed by atoms with van der Waals surface area (Å²) < 4.78 is 52.7. The second-order valence-corrected chi connectivity index (χ2v) is 8.37. The Morgan fingerprint density at radius 1 is 1.07 bits per heavy atom. The van der Waals surface area contributed by atoms with Crippen molar-refractivity contribution in [2.24, 2.45) is 0 Å². The van der Waals surface area contributed by atoms with Crippen molar-refractivity contribution in [1.29, 1.82) is 0 Å². The number of carbonyl (C=O) groups excluding carboxylic acids is 1. The number of piperidine rings is 1. The van der Waals surface area contributed by atoms with Crippen LogP contribution in [0.5, 0.6) is 0 Å². The fourth-order valence-corrected chi connectivity index (χ4v) is 4.37. The Morgan fingerprint density at radius 2 is 1.82 bits per heavy atom. The highest BCUT2D eigenvalue weighted by Crippen LogP contribution is 2.19. The molecule has 1 aliphatic heterocycles. The normalized spacial score (nSPS) is 15.2. The fourth-order valence-electron chi connectivity index (χ4n) is 2.89. The van der Waals surface area contributed by atoms with Crippen LogP contribution in [0.4, 0.5) is 20.3 Å². The van der Waals surface area contributed by atoms with Crippen molar-refractivity contribution in [3.8, 4) is 0 Å². The molecule has 1 fully saturated rings. The molecule has 2 heterocycles. The fraction of sp³-hybridized carbons (Fsp3) is 0.333. The van der Waals surface area contributed by atoms with Crippen molar-refractivity contribution >= 4 is 27.4 Å². The van der Waals surface area contributed by atoms with E-state index in [2.05, 4.69) is 15.6 Å². The summed E-state index contributed by atoms with van der Waals surface area (Å²) in [6, 6.07) is 6.06. The molecule has 3 rings (SSSR count). The molecule has 0 saturated carbocycles. The van der Waals surface area contributed by atoms with Gasteiger partial charge in [0.05, 0.1) is 0 Å². The number of hydrogen-bond acceptors (Lipinski definition) is 4. The van der Waals surface area contributed by atoms with Gasteiger partial charge in [-0.2, -0.15) is 4.31 Å². The number of anilines is 2. The van der Waals surface area contributed by atoms with Gasteiger partial charge in [0.25, 0.3) is 11.7 Å². The minimum Gasteiger partial charge on any atom is -0.323 e. The number of aromatic nitrogens is 1. The maximum Gasteiger partial charge on any atom is 0.272 e. The SMILES string of the molecule is O=C(CNc1ccc(S(=O)(=O)N2CCCCC2)c[nH+]1)Nc1ccc(F)c(F)c1. The van der Waals surface area contributed by atoms with E-state index in [1.54, 1.807) is 0 Å². The van der Waals surface area contributed by atoms with Gasteiger partial charge in [0.2, 0.25) is 10.0 Å². The van der Waals surface area contributed by atoms with Crippen molar-refractivity contribution in [1.82, 2.24) is 4.31 Å². The summed E-state index contributed by atoms with van der Waals surface area (Å²) in [6.45, 7) is 0.896. The molecule has 0 atom stereocenters. The number of benzene rings is 1. The third kappa shape index (κ3) is 4.82. The summed E-state index contributed by atoms with van der Waals surface area (Å²) >= 11 is 0. The Labute approximate surface area is 161 Å². The number of rotatable bonds is 6. The standard InChI is InChI=1S/C18H20F2N4O3S/c19-15-6-4-13(10-16(15)20)23-18(25)12-22-17-7-5-14(11-21-17)28(26,27)24-8-2-1-3-9-24/h4-7,10-11H,1-3,8-9,12H2,(H,21,22)(H,23,25)/p+1. The van der Waals surface area contributed by atoms with Crippen molar-refractivity contribution in [2.45, 2.75) is 24.2 Å². The first-order chi connectivity index (χ1) is 13.4. The summed E-state index contributed by atoms with van der Waals surface area (Å²) in [7, 11) is -3.53. The quantitative estimate of drug-likeness (QED) is 0.761. The van der Waals surface area contributed by atoms with Crippen LogP contribution in [0.25, 0.3) is 0 Å². The molecule has 0 unspecified atom stereocenters. The van der Waals surface area contributed by atoms with Crippen molar-refractivity contribution in [2.75, 3.05) is 30.3 Å². The van der Waals surface area contributed by atoms with Gasteiger partial charge < -0.3 is 5.32 Å². The molecule has 10 heteroatoms. The lowest BCUT2D eigenvalue weighted by Gasteiger charge is -2.25. The lowest BCUT2D eigenvalue weighted by atomic mass is 10.2. The van der Waals surface area contributed by atoms with Crippen LogP contribution < -0.4 is 15.6 Å². The number of halogens is 2.